The number of alkyl carbamates (subject to hydrolysis) is 1. The van der Waals surface area contributed by atoms with Crippen molar-refractivity contribution in [2.75, 3.05) is 26.2 Å². The Bertz CT molecular complexity index is 1060. The molecule has 38 heavy (non-hydrogen) atoms. The molecule has 1 radical (unpaired) electrons. The molecule has 6 rings (SSSR count). The lowest BCUT2D eigenvalue weighted by molar-refractivity contribution is -0.205. The second-order valence-electron chi connectivity index (χ2n) is 13.5. The Balaban J connectivity index is 1.09. The van der Waals surface area contributed by atoms with Gasteiger partial charge >= 0.3 is 11.7 Å². The van der Waals surface area contributed by atoms with Crippen molar-refractivity contribution in [1.82, 2.24) is 10.2 Å². The number of nitrogens with zero attached hydrogens (tertiary/aromatic N) is 1. The lowest BCUT2D eigenvalue weighted by Crippen LogP contribution is -2.62. The molecule has 1 aromatic rings. The summed E-state index contributed by atoms with van der Waals surface area (Å²) < 4.78 is 11.1. The number of likely N-dealkylation sites (tertiary alicyclic amines) is 1. The molecule has 5 fully saturated rings. The number of carbonyl (C=O) groups is 1. The average molecular weight is 526 g/mol. The molecule has 7 nitrogen and oxygen atoms in total. The molecule has 4 aliphatic carbocycles. The summed E-state index contributed by atoms with van der Waals surface area (Å²) in [6, 6.07) is 3.37. The van der Waals surface area contributed by atoms with Crippen molar-refractivity contribution in [3.05, 3.63) is 40.8 Å². The van der Waals surface area contributed by atoms with Crippen molar-refractivity contribution in [2.45, 2.75) is 95.7 Å². The van der Waals surface area contributed by atoms with Gasteiger partial charge in [-0.2, -0.15) is 0 Å². The fourth-order valence-electron chi connectivity index (χ4n) is 9.59. The predicted octanol–water partition coefficient (Wildman–Crippen LogP) is 4.89. The van der Waals surface area contributed by atoms with E-state index < -0.39 is 5.60 Å². The van der Waals surface area contributed by atoms with Gasteiger partial charge in [-0.15, -0.1) is 0 Å². The van der Waals surface area contributed by atoms with E-state index in [1.54, 1.807) is 6.26 Å². The number of rotatable bonds is 5. The minimum atomic E-state index is -0.743. The Labute approximate surface area is 226 Å². The molecular formula is C31H45N2O5. The Morgan fingerprint density at radius 2 is 1.95 bits per heavy atom. The summed E-state index contributed by atoms with van der Waals surface area (Å²) in [5.74, 6) is 1.37. The molecule has 0 aromatic carbocycles. The van der Waals surface area contributed by atoms with E-state index in [0.29, 0.717) is 24.8 Å². The van der Waals surface area contributed by atoms with Crippen LogP contribution in [0.5, 0.6) is 0 Å². The van der Waals surface area contributed by atoms with Crippen LogP contribution in [0.25, 0.3) is 0 Å². The molecule has 0 spiro atoms. The maximum absolute atomic E-state index is 12.5. The van der Waals surface area contributed by atoms with E-state index in [9.17, 15) is 14.7 Å². The van der Waals surface area contributed by atoms with Crippen molar-refractivity contribution >= 4 is 6.09 Å². The van der Waals surface area contributed by atoms with Gasteiger partial charge in [0.1, 0.15) is 6.10 Å². The largest absolute Gasteiger partial charge is 0.446 e. The molecule has 0 bridgehead atoms. The Morgan fingerprint density at radius 1 is 1.13 bits per heavy atom. The molecule has 7 heteroatoms. The number of aliphatic hydroxyl groups is 1. The highest BCUT2D eigenvalue weighted by Gasteiger charge is 2.67. The second-order valence-corrected chi connectivity index (χ2v) is 13.5. The number of ether oxygens (including phenoxy) is 1. The van der Waals surface area contributed by atoms with Gasteiger partial charge in [-0.25, -0.2) is 9.59 Å². The normalized spacial score (nSPS) is 42.7. The summed E-state index contributed by atoms with van der Waals surface area (Å²) in [4.78, 5) is 26.4. The van der Waals surface area contributed by atoms with Gasteiger partial charge in [0.2, 0.25) is 0 Å². The highest BCUT2D eigenvalue weighted by Crippen LogP contribution is 2.70. The summed E-state index contributed by atoms with van der Waals surface area (Å²) >= 11 is 0. The van der Waals surface area contributed by atoms with Gasteiger partial charge in [0.05, 0.1) is 11.9 Å². The number of amides is 1. The predicted molar refractivity (Wildman–Crippen MR) is 145 cm³/mol. The molecular weight excluding hydrogens is 480 g/mol. The van der Waals surface area contributed by atoms with Gasteiger partial charge in [0, 0.05) is 24.6 Å². The Hall–Kier alpha value is -1.86. The molecule has 2 heterocycles. The van der Waals surface area contributed by atoms with Crippen LogP contribution in [0.3, 0.4) is 0 Å². The van der Waals surface area contributed by atoms with E-state index in [-0.39, 0.29) is 40.5 Å². The van der Waals surface area contributed by atoms with E-state index in [0.717, 1.165) is 70.1 Å². The number of fused-ring (bicyclic) bond motifs is 5. The third-order valence-corrected chi connectivity index (χ3v) is 11.8. The first-order valence-corrected chi connectivity index (χ1v) is 15.0. The van der Waals surface area contributed by atoms with Gasteiger partial charge in [-0.1, -0.05) is 13.8 Å². The monoisotopic (exact) mass is 525 g/mol. The van der Waals surface area contributed by atoms with Gasteiger partial charge in [0.15, 0.2) is 0 Å². The number of hydrogen-bond donors (Lipinski definition) is 2. The minimum Gasteiger partial charge on any atom is -0.446 e. The van der Waals surface area contributed by atoms with E-state index in [1.165, 1.54) is 18.9 Å². The van der Waals surface area contributed by atoms with Crippen LogP contribution in [0.1, 0.15) is 89.5 Å². The van der Waals surface area contributed by atoms with Crippen LogP contribution in [0.2, 0.25) is 0 Å². The van der Waals surface area contributed by atoms with Crippen LogP contribution in [-0.4, -0.2) is 54.0 Å². The lowest BCUT2D eigenvalue weighted by Gasteiger charge is -2.63. The van der Waals surface area contributed by atoms with Gasteiger partial charge < -0.3 is 24.5 Å². The third kappa shape index (κ3) is 4.32. The van der Waals surface area contributed by atoms with Crippen LogP contribution in [0.15, 0.2) is 27.6 Å². The molecule has 1 aromatic heterocycles. The van der Waals surface area contributed by atoms with E-state index in [2.05, 4.69) is 30.5 Å². The average Bonchev–Trinajstić information content (AvgIpc) is 3.51. The molecule has 1 aliphatic heterocycles. The fourth-order valence-corrected chi connectivity index (χ4v) is 9.59. The van der Waals surface area contributed by atoms with Crippen LogP contribution in [0, 0.1) is 35.0 Å². The van der Waals surface area contributed by atoms with Crippen molar-refractivity contribution in [3.8, 4) is 0 Å². The number of carbonyl (C=O) groups excluding carboxylic acids is 1. The standard InChI is InChI=1S/C31H45N2O5/c1-29-12-9-23(38-28(35)32-15-18-33-16-3-4-17-33)19-22(29)6-7-26-25(29)10-13-30(2)24(11-14-31(26,30)36)21-5-8-27(34)37-20-21/h5,8,11,20,22-26,36H,3-4,6-7,9-10,12-19H2,1-2H3,(H,32,35)/t22-,23+,24-,25+,26-,29+,30-,31+/m1/s1. The first-order valence-electron chi connectivity index (χ1n) is 15.0. The van der Waals surface area contributed by atoms with Crippen molar-refractivity contribution in [2.24, 2.45) is 28.6 Å². The van der Waals surface area contributed by atoms with Crippen molar-refractivity contribution < 1.29 is 19.1 Å². The molecule has 1 amide bonds. The number of nitrogens with one attached hydrogen (secondary N) is 1. The Kier molecular flexibility index (Phi) is 6.91. The van der Waals surface area contributed by atoms with Crippen LogP contribution < -0.4 is 10.9 Å². The molecule has 1 saturated heterocycles. The van der Waals surface area contributed by atoms with Crippen molar-refractivity contribution in [1.29, 1.82) is 0 Å². The van der Waals surface area contributed by atoms with Gasteiger partial charge in [-0.05, 0) is 124 Å². The van der Waals surface area contributed by atoms with Crippen LogP contribution >= 0.6 is 0 Å². The summed E-state index contributed by atoms with van der Waals surface area (Å²) in [7, 11) is 0. The molecule has 8 atom stereocenters. The first-order chi connectivity index (χ1) is 18.2. The zero-order chi connectivity index (χ0) is 26.5. The summed E-state index contributed by atoms with van der Waals surface area (Å²) in [5, 5.41) is 15.4. The quantitative estimate of drug-likeness (QED) is 0.569. The van der Waals surface area contributed by atoms with Gasteiger partial charge in [0.25, 0.3) is 0 Å². The zero-order valence-corrected chi connectivity index (χ0v) is 23.1. The maximum Gasteiger partial charge on any atom is 0.407 e. The first kappa shape index (κ1) is 26.4. The zero-order valence-electron chi connectivity index (χ0n) is 23.1. The molecule has 0 unspecified atom stereocenters. The molecule has 2 N–H and O–H groups in total. The molecule has 209 valence electrons. The molecule has 4 saturated carbocycles. The topological polar surface area (TPSA) is 92.0 Å². The summed E-state index contributed by atoms with van der Waals surface area (Å²) in [5.41, 5.74) is -0.166. The van der Waals surface area contributed by atoms with E-state index in [1.807, 2.05) is 6.07 Å². The highest BCUT2D eigenvalue weighted by atomic mass is 16.6. The van der Waals surface area contributed by atoms with Crippen LogP contribution in [0.4, 0.5) is 4.79 Å². The van der Waals surface area contributed by atoms with E-state index in [4.69, 9.17) is 9.15 Å². The smallest absolute Gasteiger partial charge is 0.407 e. The molecule has 5 aliphatic rings. The van der Waals surface area contributed by atoms with Crippen molar-refractivity contribution in [3.63, 3.8) is 0 Å². The summed E-state index contributed by atoms with van der Waals surface area (Å²) in [6.45, 7) is 8.54. The fraction of sp³-hybridized carbons (Fsp3) is 0.774. The maximum atomic E-state index is 12.5. The SMILES string of the molecule is C[C@]12CC[C@H](OC(=O)NCCN3CCCC3)C[C@H]1CC[C@@H]1[C@@H]2CC[C@]2(C)[C@@H](c3ccc(=O)oc3)[CH]C[C@]12O. The van der Waals surface area contributed by atoms with Gasteiger partial charge in [-0.3, -0.25) is 0 Å². The summed E-state index contributed by atoms with van der Waals surface area (Å²) in [6.07, 6.45) is 13.9. The van der Waals surface area contributed by atoms with Crippen LogP contribution in [-0.2, 0) is 4.74 Å². The number of hydrogen-bond acceptors (Lipinski definition) is 6. The minimum absolute atomic E-state index is 0.00899. The lowest BCUT2D eigenvalue weighted by atomic mass is 9.43. The van der Waals surface area contributed by atoms with E-state index >= 15 is 0 Å². The third-order valence-electron chi connectivity index (χ3n) is 11.8. The Morgan fingerprint density at radius 3 is 2.71 bits per heavy atom. The second kappa shape index (κ2) is 9.96. The highest BCUT2D eigenvalue weighted by molar-refractivity contribution is 5.67.